The summed E-state index contributed by atoms with van der Waals surface area (Å²) in [6.07, 6.45) is 25.6. The van der Waals surface area contributed by atoms with E-state index in [4.69, 9.17) is 15.3 Å². The predicted molar refractivity (Wildman–Crippen MR) is 310 cm³/mol. The van der Waals surface area contributed by atoms with E-state index in [1.807, 2.05) is 0 Å². The van der Waals surface area contributed by atoms with E-state index in [0.29, 0.717) is 0 Å². The first-order valence-corrected chi connectivity index (χ1v) is 32.2. The number of nitrogens with zero attached hydrogens (tertiary/aromatic N) is 3. The molecule has 18 rings (SSSR count). The largest absolute Gasteiger partial charge is 3.00 e. The summed E-state index contributed by atoms with van der Waals surface area (Å²) in [6.45, 7) is 0. The maximum absolute atomic E-state index is 5.67. The van der Waals surface area contributed by atoms with Crippen molar-refractivity contribution in [2.75, 3.05) is 0 Å². The molecule has 0 aliphatic heterocycles. The molecule has 0 spiro atoms. The van der Waals surface area contributed by atoms with Crippen LogP contribution in [-0.2, 0) is 0 Å². The molecule has 12 aliphatic carbocycles. The summed E-state index contributed by atoms with van der Waals surface area (Å²) in [6, 6.07) is 66.1. The molecule has 12 saturated carbocycles. The summed E-state index contributed by atoms with van der Waals surface area (Å²) in [4.78, 5) is 0. The Morgan fingerprint density at radius 3 is 0.507 bits per heavy atom. The molecule has 0 saturated heterocycles. The smallest absolute Gasteiger partial charge is 0.623 e. The molecule has 0 N–H and O–H groups in total. The molecule has 73 heavy (non-hydrogen) atoms. The summed E-state index contributed by atoms with van der Waals surface area (Å²) in [7, 11) is -1.76. The van der Waals surface area contributed by atoms with Gasteiger partial charge in [0.05, 0.1) is 0 Å². The van der Waals surface area contributed by atoms with Crippen LogP contribution >= 0.6 is 24.2 Å². The van der Waals surface area contributed by atoms with Crippen LogP contribution < -0.4 is 31.8 Å². The SMILES string of the molecule is [Yb+3].c1ccc(P([N-]C23CC4CC(CC(C4)C2)C3)c2ccccc2)cc1.c1ccc(P([N-]C23CC4CC(CC(C4)C2)C3)c2ccccc2)cc1.c1ccc(P([N-]C23CC4CC(CC(C4)C2)C3)c2ccccc2)cc1. The van der Waals surface area contributed by atoms with E-state index in [-0.39, 0.29) is 63.5 Å². The fourth-order valence-corrected chi connectivity index (χ4v) is 23.7. The maximum Gasteiger partial charge on any atom is 3.00 e. The Morgan fingerprint density at radius 1 is 0.233 bits per heavy atom. The van der Waals surface area contributed by atoms with Gasteiger partial charge in [-0.05, 0) is 143 Å². The van der Waals surface area contributed by atoms with Gasteiger partial charge in [-0.3, -0.25) is 0 Å². The molecule has 0 unspecified atom stereocenters. The molecule has 6 aromatic carbocycles. The zero-order chi connectivity index (χ0) is 48.0. The normalized spacial score (nSPS) is 33.5. The van der Waals surface area contributed by atoms with Gasteiger partial charge >= 0.3 is 46.9 Å². The van der Waals surface area contributed by atoms with Crippen molar-refractivity contribution in [3.63, 3.8) is 0 Å². The summed E-state index contributed by atoms with van der Waals surface area (Å²) in [5, 5.41) is 25.5. The quantitative estimate of drug-likeness (QED) is 0.110. The van der Waals surface area contributed by atoms with Crippen LogP contribution in [0.2, 0.25) is 0 Å². The summed E-state index contributed by atoms with van der Waals surface area (Å²) in [5.41, 5.74) is 0.852. The van der Waals surface area contributed by atoms with Gasteiger partial charge in [-0.25, -0.2) is 0 Å². The van der Waals surface area contributed by atoms with E-state index in [2.05, 4.69) is 182 Å². The van der Waals surface area contributed by atoms with Gasteiger partial charge in [-0.2, -0.15) is 24.2 Å². The van der Waals surface area contributed by atoms with Gasteiger partial charge in [0, 0.05) is 0 Å². The monoisotopic (exact) mass is 1180 g/mol. The number of benzene rings is 6. The van der Waals surface area contributed by atoms with Crippen molar-refractivity contribution in [3.8, 4) is 0 Å². The second kappa shape index (κ2) is 22.8. The van der Waals surface area contributed by atoms with Gasteiger partial charge in [0.2, 0.25) is 0 Å². The maximum atomic E-state index is 5.67. The topological polar surface area (TPSA) is 42.3 Å². The van der Waals surface area contributed by atoms with Crippen LogP contribution in [0.3, 0.4) is 0 Å². The molecule has 12 fully saturated rings. The second-order valence-corrected chi connectivity index (χ2v) is 30.2. The summed E-state index contributed by atoms with van der Waals surface area (Å²) < 4.78 is 0. The second-order valence-electron chi connectivity index (χ2n) is 24.7. The first-order chi connectivity index (χ1) is 35.4. The fraction of sp³-hybridized carbons (Fsp3) is 0.455. The van der Waals surface area contributed by atoms with Crippen LogP contribution in [0.25, 0.3) is 15.3 Å². The van der Waals surface area contributed by atoms with Crippen molar-refractivity contribution >= 4 is 56.0 Å². The summed E-state index contributed by atoms with van der Waals surface area (Å²) >= 11 is 0. The Bertz CT molecular complexity index is 2170. The van der Waals surface area contributed by atoms with E-state index >= 15 is 0 Å². The molecule has 383 valence electrons. The van der Waals surface area contributed by atoms with Gasteiger partial charge in [-0.1, -0.05) is 240 Å². The van der Waals surface area contributed by atoms with Crippen molar-refractivity contribution in [1.82, 2.24) is 0 Å². The molecule has 12 bridgehead atoms. The van der Waals surface area contributed by atoms with Crippen LogP contribution in [0.4, 0.5) is 0 Å². The van der Waals surface area contributed by atoms with Gasteiger partial charge in [-0.15, -0.1) is 16.6 Å². The van der Waals surface area contributed by atoms with Gasteiger partial charge in [0.1, 0.15) is 0 Å². The molecule has 12 aliphatic rings. The molecule has 0 amide bonds. The molecular weight excluding hydrogens is 1100 g/mol. The van der Waals surface area contributed by atoms with E-state index < -0.39 is 24.2 Å². The average molecular weight is 1180 g/mol. The van der Waals surface area contributed by atoms with Gasteiger partial charge in [0.25, 0.3) is 0 Å². The number of hydrogen-bond acceptors (Lipinski definition) is 0. The van der Waals surface area contributed by atoms with Gasteiger partial charge < -0.3 is 15.3 Å². The standard InChI is InChI=1S/3C22H25NP.Yb/c3*1-3-7-20(8-4-1)24(21-9-5-2-6-10-21)23-22-14-17-11-18(15-22)13-19(12-17)16-22;/h3*1-10,17-19H,11-16H2;/q3*-1;+3. The Morgan fingerprint density at radius 2 is 0.370 bits per heavy atom. The zero-order valence-corrected chi connectivity index (χ0v) is 47.1. The van der Waals surface area contributed by atoms with Crippen molar-refractivity contribution in [2.24, 2.45) is 53.3 Å². The van der Waals surface area contributed by atoms with E-state index in [9.17, 15) is 0 Å². The fourth-order valence-electron chi connectivity index (χ4n) is 17.4. The summed E-state index contributed by atoms with van der Waals surface area (Å²) in [5.74, 6) is 8.65. The van der Waals surface area contributed by atoms with Crippen LogP contribution in [0.5, 0.6) is 0 Å². The molecule has 7 heteroatoms. The molecule has 1 radical (unpaired) electrons. The molecule has 0 atom stereocenters. The van der Waals surface area contributed by atoms with Crippen molar-refractivity contribution in [1.29, 1.82) is 0 Å². The Kier molecular flexibility index (Phi) is 16.1. The molecule has 6 aromatic rings. The molecule has 3 nitrogen and oxygen atoms in total. The molecule has 0 aromatic heterocycles. The zero-order valence-electron chi connectivity index (χ0n) is 42.7. The van der Waals surface area contributed by atoms with Gasteiger partial charge in [0.15, 0.2) is 0 Å². The Balaban J connectivity index is 0.000000111. The minimum atomic E-state index is -0.587. The van der Waals surface area contributed by atoms with E-state index in [0.717, 1.165) is 53.3 Å². The molecule has 0 heterocycles. The van der Waals surface area contributed by atoms with Crippen LogP contribution in [-0.4, -0.2) is 16.6 Å². The third kappa shape index (κ3) is 11.7. The van der Waals surface area contributed by atoms with Crippen LogP contribution in [0, 0.1) is 100 Å². The van der Waals surface area contributed by atoms with E-state index in [1.54, 1.807) is 0 Å². The first-order valence-electron chi connectivity index (χ1n) is 28.3. The first kappa shape index (κ1) is 51.7. The van der Waals surface area contributed by atoms with Crippen molar-refractivity contribution in [2.45, 2.75) is 132 Å². The van der Waals surface area contributed by atoms with Crippen LogP contribution in [0.1, 0.15) is 116 Å². The Hall–Kier alpha value is -1.99. The Labute approximate surface area is 481 Å². The number of hydrogen-bond donors (Lipinski definition) is 0. The predicted octanol–water partition coefficient (Wildman–Crippen LogP) is 16.1. The minimum Gasteiger partial charge on any atom is -0.623 e. The number of rotatable bonds is 12. The van der Waals surface area contributed by atoms with E-state index in [1.165, 1.54) is 147 Å². The minimum absolute atomic E-state index is 0. The molecular formula is C66H75N3P3Yb. The van der Waals surface area contributed by atoms with Crippen molar-refractivity contribution in [3.05, 3.63) is 197 Å². The van der Waals surface area contributed by atoms with Crippen molar-refractivity contribution < 1.29 is 46.9 Å². The van der Waals surface area contributed by atoms with Crippen LogP contribution in [0.15, 0.2) is 182 Å². The third-order valence-electron chi connectivity index (χ3n) is 19.0. The third-order valence-corrected chi connectivity index (χ3v) is 25.6. The average Bonchev–Trinajstić information content (AvgIpc) is 3.40.